The summed E-state index contributed by atoms with van der Waals surface area (Å²) in [6, 6.07) is 7.61. The van der Waals surface area contributed by atoms with Gasteiger partial charge in [0.15, 0.2) is 0 Å². The number of carbonyl (C=O) groups excluding carboxylic acids is 1. The highest BCUT2D eigenvalue weighted by Crippen LogP contribution is 2.30. The molecule has 2 heterocycles. The van der Waals surface area contributed by atoms with Crippen molar-refractivity contribution in [1.29, 1.82) is 0 Å². The number of carbonyl (C=O) groups is 1. The number of nitrogens with zero attached hydrogens (tertiary/aromatic N) is 4. The summed E-state index contributed by atoms with van der Waals surface area (Å²) < 4.78 is 1.84. The van der Waals surface area contributed by atoms with E-state index in [-0.39, 0.29) is 11.8 Å². The van der Waals surface area contributed by atoms with Crippen LogP contribution in [0.5, 0.6) is 0 Å². The third-order valence-corrected chi connectivity index (χ3v) is 5.05. The van der Waals surface area contributed by atoms with Gasteiger partial charge in [-0.15, -0.1) is 0 Å². The summed E-state index contributed by atoms with van der Waals surface area (Å²) in [6.45, 7) is 9.39. The van der Waals surface area contributed by atoms with E-state index in [4.69, 9.17) is 11.6 Å². The topological polar surface area (TPSA) is 41.4 Å². The molecule has 1 aliphatic heterocycles. The third-order valence-electron chi connectivity index (χ3n) is 4.73. The maximum atomic E-state index is 13.2. The van der Waals surface area contributed by atoms with Crippen LogP contribution in [0.15, 0.2) is 24.3 Å². The van der Waals surface area contributed by atoms with E-state index < -0.39 is 0 Å². The number of amides is 1. The summed E-state index contributed by atoms with van der Waals surface area (Å²) in [6.07, 6.45) is 0. The van der Waals surface area contributed by atoms with Crippen molar-refractivity contribution in [2.24, 2.45) is 0 Å². The fourth-order valence-electron chi connectivity index (χ4n) is 3.32. The van der Waals surface area contributed by atoms with Crippen LogP contribution < -0.4 is 0 Å². The molecule has 0 bridgehead atoms. The van der Waals surface area contributed by atoms with Crippen LogP contribution in [0.25, 0.3) is 5.69 Å². The van der Waals surface area contributed by atoms with Crippen LogP contribution in [0.1, 0.15) is 41.5 Å². The van der Waals surface area contributed by atoms with Gasteiger partial charge < -0.3 is 9.80 Å². The predicted molar refractivity (Wildman–Crippen MR) is 101 cm³/mol. The Balaban J connectivity index is 2.06. The molecule has 1 saturated heterocycles. The van der Waals surface area contributed by atoms with Crippen LogP contribution in [0.3, 0.4) is 0 Å². The second-order valence-electron chi connectivity index (χ2n) is 6.96. The van der Waals surface area contributed by atoms with Crippen LogP contribution in [0.2, 0.25) is 5.02 Å². The largest absolute Gasteiger partial charge is 0.336 e. The Morgan fingerprint density at radius 2 is 1.80 bits per heavy atom. The Morgan fingerprint density at radius 1 is 1.16 bits per heavy atom. The number of likely N-dealkylation sites (N-methyl/N-ethyl adjacent to an activating group) is 1. The molecule has 0 radical (unpaired) electrons. The molecule has 1 aromatic heterocycles. The van der Waals surface area contributed by atoms with E-state index in [1.54, 1.807) is 0 Å². The highest BCUT2D eigenvalue weighted by Gasteiger charge is 2.29. The van der Waals surface area contributed by atoms with Crippen molar-refractivity contribution < 1.29 is 4.79 Å². The lowest BCUT2D eigenvalue weighted by Gasteiger charge is -2.32. The third kappa shape index (κ3) is 3.44. The SMILES string of the molecule is Cc1nn(-c2ccccc2Cl)c(C(C)C)c1C(=O)N1CCN(C)CC1. The number of rotatable bonds is 3. The smallest absolute Gasteiger partial charge is 0.257 e. The molecule has 0 N–H and O–H groups in total. The van der Waals surface area contributed by atoms with Gasteiger partial charge in [0.25, 0.3) is 5.91 Å². The minimum atomic E-state index is 0.0765. The maximum absolute atomic E-state index is 13.2. The molecule has 0 atom stereocenters. The number of para-hydroxylation sites is 1. The Kier molecular flexibility index (Phi) is 5.16. The zero-order valence-corrected chi connectivity index (χ0v) is 16.0. The van der Waals surface area contributed by atoms with Gasteiger partial charge in [-0.3, -0.25) is 4.79 Å². The number of halogens is 1. The molecule has 5 nitrogen and oxygen atoms in total. The van der Waals surface area contributed by atoms with Crippen molar-refractivity contribution in [1.82, 2.24) is 19.6 Å². The van der Waals surface area contributed by atoms with Gasteiger partial charge in [-0.2, -0.15) is 5.10 Å². The number of hydrogen-bond donors (Lipinski definition) is 0. The molecule has 0 spiro atoms. The first-order chi connectivity index (χ1) is 11.9. The Hall–Kier alpha value is -1.85. The fraction of sp³-hybridized carbons (Fsp3) is 0.474. The van der Waals surface area contributed by atoms with Gasteiger partial charge in [0.2, 0.25) is 0 Å². The van der Waals surface area contributed by atoms with E-state index in [2.05, 4.69) is 30.9 Å². The normalized spacial score (nSPS) is 15.8. The number of hydrogen-bond acceptors (Lipinski definition) is 3. The van der Waals surface area contributed by atoms with Crippen molar-refractivity contribution in [3.63, 3.8) is 0 Å². The zero-order chi connectivity index (χ0) is 18.1. The van der Waals surface area contributed by atoms with Crippen LogP contribution in [0, 0.1) is 6.92 Å². The lowest BCUT2D eigenvalue weighted by molar-refractivity contribution is 0.0662. The number of aromatic nitrogens is 2. The van der Waals surface area contributed by atoms with Gasteiger partial charge >= 0.3 is 0 Å². The molecule has 2 aromatic rings. The van der Waals surface area contributed by atoms with Crippen molar-refractivity contribution in [2.75, 3.05) is 33.2 Å². The molecular weight excluding hydrogens is 336 g/mol. The fourth-order valence-corrected chi connectivity index (χ4v) is 3.53. The van der Waals surface area contributed by atoms with E-state index >= 15 is 0 Å². The molecule has 1 aromatic carbocycles. The van der Waals surface area contributed by atoms with Gasteiger partial charge in [0.05, 0.1) is 27.7 Å². The van der Waals surface area contributed by atoms with Crippen molar-refractivity contribution in [3.05, 3.63) is 46.2 Å². The molecule has 0 saturated carbocycles. The molecular formula is C19H25ClN4O. The zero-order valence-electron chi connectivity index (χ0n) is 15.3. The molecule has 3 rings (SSSR count). The summed E-state index contributed by atoms with van der Waals surface area (Å²) in [7, 11) is 2.09. The number of aryl methyl sites for hydroxylation is 1. The minimum Gasteiger partial charge on any atom is -0.336 e. The first-order valence-corrected chi connectivity index (χ1v) is 9.10. The van der Waals surface area contributed by atoms with E-state index in [0.29, 0.717) is 5.02 Å². The summed E-state index contributed by atoms with van der Waals surface area (Å²) in [5.74, 6) is 0.233. The lowest BCUT2D eigenvalue weighted by atomic mass is 10.0. The minimum absolute atomic E-state index is 0.0765. The quantitative estimate of drug-likeness (QED) is 0.842. The molecule has 6 heteroatoms. The molecule has 1 aliphatic rings. The van der Waals surface area contributed by atoms with Gasteiger partial charge in [-0.25, -0.2) is 4.68 Å². The second kappa shape index (κ2) is 7.18. The first-order valence-electron chi connectivity index (χ1n) is 8.72. The predicted octanol–water partition coefficient (Wildman–Crippen LogP) is 3.35. The number of piperazine rings is 1. The summed E-state index contributed by atoms with van der Waals surface area (Å²) in [5, 5.41) is 5.30. The van der Waals surface area contributed by atoms with Crippen molar-refractivity contribution >= 4 is 17.5 Å². The Morgan fingerprint density at radius 3 is 2.40 bits per heavy atom. The van der Waals surface area contributed by atoms with Gasteiger partial charge in [0.1, 0.15) is 0 Å². The molecule has 134 valence electrons. The van der Waals surface area contributed by atoms with Crippen molar-refractivity contribution in [2.45, 2.75) is 26.7 Å². The Labute approximate surface area is 154 Å². The molecule has 1 fully saturated rings. The summed E-state index contributed by atoms with van der Waals surface area (Å²) in [5.41, 5.74) is 3.22. The van der Waals surface area contributed by atoms with Crippen molar-refractivity contribution in [3.8, 4) is 5.69 Å². The lowest BCUT2D eigenvalue weighted by Crippen LogP contribution is -2.47. The van der Waals surface area contributed by atoms with Gasteiger partial charge in [-0.1, -0.05) is 37.6 Å². The monoisotopic (exact) mass is 360 g/mol. The molecule has 0 unspecified atom stereocenters. The van der Waals surface area contributed by atoms with E-state index in [1.165, 1.54) is 0 Å². The van der Waals surface area contributed by atoms with Crippen LogP contribution in [0.4, 0.5) is 0 Å². The van der Waals surface area contributed by atoms with Crippen LogP contribution in [-0.4, -0.2) is 58.7 Å². The molecule has 1 amide bonds. The van der Waals surface area contributed by atoms with Gasteiger partial charge in [-0.05, 0) is 32.0 Å². The van der Waals surface area contributed by atoms with Crippen LogP contribution >= 0.6 is 11.6 Å². The first kappa shape index (κ1) is 18.0. The average Bonchev–Trinajstić information content (AvgIpc) is 2.92. The standard InChI is InChI=1S/C19H25ClN4O/c1-13(2)18-17(19(25)23-11-9-22(4)10-12-23)14(3)21-24(18)16-8-6-5-7-15(16)20/h5-8,13H,9-12H2,1-4H3. The molecule has 0 aliphatic carbocycles. The van der Waals surface area contributed by atoms with E-state index in [0.717, 1.165) is 48.8 Å². The van der Waals surface area contributed by atoms with E-state index in [9.17, 15) is 4.79 Å². The van der Waals surface area contributed by atoms with Gasteiger partial charge in [0, 0.05) is 26.2 Å². The summed E-state index contributed by atoms with van der Waals surface area (Å²) in [4.78, 5) is 17.4. The van der Waals surface area contributed by atoms with E-state index in [1.807, 2.05) is 40.8 Å². The number of benzene rings is 1. The second-order valence-corrected chi connectivity index (χ2v) is 7.37. The average molecular weight is 361 g/mol. The highest BCUT2D eigenvalue weighted by atomic mass is 35.5. The maximum Gasteiger partial charge on any atom is 0.257 e. The Bertz CT molecular complexity index is 776. The highest BCUT2D eigenvalue weighted by molar-refractivity contribution is 6.32. The van der Waals surface area contributed by atoms with Crippen LogP contribution in [-0.2, 0) is 0 Å². The summed E-state index contributed by atoms with van der Waals surface area (Å²) >= 11 is 6.38. The molecule has 25 heavy (non-hydrogen) atoms.